The molecule has 18 heavy (non-hydrogen) atoms. The molecule has 100 valence electrons. The van der Waals surface area contributed by atoms with Crippen molar-refractivity contribution in [3.63, 3.8) is 0 Å². The third-order valence-electron chi connectivity index (χ3n) is 3.27. The fraction of sp³-hybridized carbons (Fsp3) is 0.533. The van der Waals surface area contributed by atoms with Crippen molar-refractivity contribution in [1.82, 2.24) is 5.32 Å². The molecule has 0 radical (unpaired) electrons. The summed E-state index contributed by atoms with van der Waals surface area (Å²) in [6.45, 7) is 6.57. The second kappa shape index (κ2) is 6.55. The number of carbonyl (C=O) groups excluding carboxylic acids is 1. The lowest BCUT2D eigenvalue weighted by molar-refractivity contribution is -0.125. The predicted octanol–water partition coefficient (Wildman–Crippen LogP) is 2.03. The summed E-state index contributed by atoms with van der Waals surface area (Å²) in [6.07, 6.45) is 1.60. The Hall–Kier alpha value is -1.35. The minimum absolute atomic E-state index is 0.000184. The zero-order valence-electron chi connectivity index (χ0n) is 11.5. The van der Waals surface area contributed by atoms with Gasteiger partial charge in [-0.1, -0.05) is 31.2 Å². The van der Waals surface area contributed by atoms with Crippen LogP contribution in [0.5, 0.6) is 0 Å². The molecule has 1 rings (SSSR count). The molecule has 1 amide bonds. The number of aliphatic hydroxyl groups excluding tert-OH is 1. The number of nitrogens with one attached hydrogen (secondary N) is 1. The van der Waals surface area contributed by atoms with Crippen LogP contribution in [0.4, 0.5) is 0 Å². The number of hydrogen-bond acceptors (Lipinski definition) is 2. The molecule has 0 aliphatic rings. The van der Waals surface area contributed by atoms with E-state index < -0.39 is 5.41 Å². The van der Waals surface area contributed by atoms with Crippen LogP contribution in [0, 0.1) is 0 Å². The number of amides is 1. The maximum absolute atomic E-state index is 12.1. The summed E-state index contributed by atoms with van der Waals surface area (Å²) in [5, 5.41) is 11.6. The summed E-state index contributed by atoms with van der Waals surface area (Å²) in [7, 11) is 0. The Morgan fingerprint density at radius 2 is 1.89 bits per heavy atom. The van der Waals surface area contributed by atoms with Crippen LogP contribution < -0.4 is 5.32 Å². The van der Waals surface area contributed by atoms with E-state index in [9.17, 15) is 4.79 Å². The fourth-order valence-electron chi connectivity index (χ4n) is 1.79. The zero-order valence-corrected chi connectivity index (χ0v) is 11.5. The van der Waals surface area contributed by atoms with Crippen molar-refractivity contribution in [2.24, 2.45) is 0 Å². The van der Waals surface area contributed by atoms with Crippen LogP contribution in [-0.2, 0) is 16.6 Å². The molecule has 0 saturated carbocycles. The Bertz CT molecular complexity index is 382. The third-order valence-corrected chi connectivity index (χ3v) is 3.27. The molecule has 0 unspecified atom stereocenters. The summed E-state index contributed by atoms with van der Waals surface area (Å²) in [5.74, 6) is 0.000184. The van der Waals surface area contributed by atoms with Gasteiger partial charge >= 0.3 is 0 Å². The normalized spacial score (nSPS) is 11.3. The van der Waals surface area contributed by atoms with E-state index >= 15 is 0 Å². The standard InChI is InChI=1S/C15H23NO2/c1-4-12-6-8-13(9-7-12)15(2,3)14(18)16-10-5-11-17/h6-9,17H,4-5,10-11H2,1-3H3,(H,16,18). The highest BCUT2D eigenvalue weighted by Gasteiger charge is 2.29. The number of carbonyl (C=O) groups is 1. The molecule has 0 spiro atoms. The van der Waals surface area contributed by atoms with Crippen LogP contribution in [0.15, 0.2) is 24.3 Å². The highest BCUT2D eigenvalue weighted by atomic mass is 16.3. The van der Waals surface area contributed by atoms with Crippen molar-refractivity contribution >= 4 is 5.91 Å². The summed E-state index contributed by atoms with van der Waals surface area (Å²) < 4.78 is 0. The smallest absolute Gasteiger partial charge is 0.230 e. The van der Waals surface area contributed by atoms with Crippen molar-refractivity contribution in [3.8, 4) is 0 Å². The van der Waals surface area contributed by atoms with Crippen LogP contribution >= 0.6 is 0 Å². The van der Waals surface area contributed by atoms with Crippen molar-refractivity contribution in [3.05, 3.63) is 35.4 Å². The lowest BCUT2D eigenvalue weighted by Gasteiger charge is -2.24. The first-order valence-electron chi connectivity index (χ1n) is 6.51. The molecule has 1 aromatic rings. The van der Waals surface area contributed by atoms with Gasteiger partial charge in [0, 0.05) is 13.2 Å². The number of aryl methyl sites for hydroxylation is 1. The van der Waals surface area contributed by atoms with Gasteiger partial charge in [-0.05, 0) is 37.8 Å². The minimum Gasteiger partial charge on any atom is -0.396 e. The predicted molar refractivity (Wildman–Crippen MR) is 73.6 cm³/mol. The summed E-state index contributed by atoms with van der Waals surface area (Å²) in [4.78, 5) is 12.1. The van der Waals surface area contributed by atoms with Gasteiger partial charge in [0.15, 0.2) is 0 Å². The van der Waals surface area contributed by atoms with E-state index in [1.54, 1.807) is 0 Å². The van der Waals surface area contributed by atoms with Gasteiger partial charge in [0.05, 0.1) is 5.41 Å². The second-order valence-corrected chi connectivity index (χ2v) is 5.01. The second-order valence-electron chi connectivity index (χ2n) is 5.01. The third kappa shape index (κ3) is 3.57. The Balaban J connectivity index is 2.74. The van der Waals surface area contributed by atoms with Crippen molar-refractivity contribution in [1.29, 1.82) is 0 Å². The monoisotopic (exact) mass is 249 g/mol. The van der Waals surface area contributed by atoms with Gasteiger partial charge < -0.3 is 10.4 Å². The molecular weight excluding hydrogens is 226 g/mol. The first-order valence-corrected chi connectivity index (χ1v) is 6.51. The highest BCUT2D eigenvalue weighted by Crippen LogP contribution is 2.23. The molecule has 0 aromatic heterocycles. The molecule has 0 bridgehead atoms. The zero-order chi connectivity index (χ0) is 13.6. The van der Waals surface area contributed by atoms with Crippen LogP contribution in [-0.4, -0.2) is 24.2 Å². The molecule has 0 aliphatic heterocycles. The number of hydrogen-bond donors (Lipinski definition) is 2. The Morgan fingerprint density at radius 1 is 1.28 bits per heavy atom. The summed E-state index contributed by atoms with van der Waals surface area (Å²) >= 11 is 0. The lowest BCUT2D eigenvalue weighted by atomic mass is 9.83. The van der Waals surface area contributed by atoms with Gasteiger partial charge in [-0.15, -0.1) is 0 Å². The van der Waals surface area contributed by atoms with Crippen molar-refractivity contribution < 1.29 is 9.90 Å². The Kier molecular flexibility index (Phi) is 5.35. The summed E-state index contributed by atoms with van der Waals surface area (Å²) in [5.41, 5.74) is 1.75. The quantitative estimate of drug-likeness (QED) is 0.758. The van der Waals surface area contributed by atoms with Gasteiger partial charge in [-0.3, -0.25) is 4.79 Å². The van der Waals surface area contributed by atoms with E-state index in [4.69, 9.17) is 5.11 Å². The van der Waals surface area contributed by atoms with E-state index in [0.717, 1.165) is 12.0 Å². The van der Waals surface area contributed by atoms with Crippen LogP contribution in [0.3, 0.4) is 0 Å². The average Bonchev–Trinajstić information content (AvgIpc) is 2.39. The van der Waals surface area contributed by atoms with Crippen molar-refractivity contribution in [2.45, 2.75) is 39.0 Å². The molecule has 3 heteroatoms. The van der Waals surface area contributed by atoms with E-state index in [-0.39, 0.29) is 12.5 Å². The SMILES string of the molecule is CCc1ccc(C(C)(C)C(=O)NCCCO)cc1. The molecule has 0 atom stereocenters. The van der Waals surface area contributed by atoms with Gasteiger partial charge in [-0.25, -0.2) is 0 Å². The van der Waals surface area contributed by atoms with Gasteiger partial charge in [-0.2, -0.15) is 0 Å². The van der Waals surface area contributed by atoms with E-state index in [2.05, 4.69) is 24.4 Å². The van der Waals surface area contributed by atoms with Gasteiger partial charge in [0.1, 0.15) is 0 Å². The topological polar surface area (TPSA) is 49.3 Å². The molecule has 2 N–H and O–H groups in total. The molecule has 0 heterocycles. The van der Waals surface area contributed by atoms with E-state index in [1.165, 1.54) is 5.56 Å². The van der Waals surface area contributed by atoms with E-state index in [1.807, 2.05) is 26.0 Å². The van der Waals surface area contributed by atoms with Crippen LogP contribution in [0.1, 0.15) is 38.3 Å². The average molecular weight is 249 g/mol. The minimum atomic E-state index is -0.540. The highest BCUT2D eigenvalue weighted by molar-refractivity contribution is 5.87. The Morgan fingerprint density at radius 3 is 2.39 bits per heavy atom. The first-order chi connectivity index (χ1) is 8.52. The number of rotatable bonds is 6. The lowest BCUT2D eigenvalue weighted by Crippen LogP contribution is -2.40. The summed E-state index contributed by atoms with van der Waals surface area (Å²) in [6, 6.07) is 8.17. The van der Waals surface area contributed by atoms with Crippen LogP contribution in [0.25, 0.3) is 0 Å². The van der Waals surface area contributed by atoms with E-state index in [0.29, 0.717) is 13.0 Å². The molecular formula is C15H23NO2. The van der Waals surface area contributed by atoms with Gasteiger partial charge in [0.2, 0.25) is 5.91 Å². The molecule has 0 aliphatic carbocycles. The Labute approximate surface area is 109 Å². The number of benzene rings is 1. The maximum Gasteiger partial charge on any atom is 0.230 e. The first kappa shape index (κ1) is 14.7. The fourth-order valence-corrected chi connectivity index (χ4v) is 1.79. The molecule has 3 nitrogen and oxygen atoms in total. The largest absolute Gasteiger partial charge is 0.396 e. The van der Waals surface area contributed by atoms with Crippen LogP contribution in [0.2, 0.25) is 0 Å². The maximum atomic E-state index is 12.1. The van der Waals surface area contributed by atoms with Crippen molar-refractivity contribution in [2.75, 3.05) is 13.2 Å². The molecule has 1 aromatic carbocycles. The number of aliphatic hydroxyl groups is 1. The molecule has 0 fully saturated rings. The molecule has 0 saturated heterocycles. The van der Waals surface area contributed by atoms with Gasteiger partial charge in [0.25, 0.3) is 0 Å².